The lowest BCUT2D eigenvalue weighted by Crippen LogP contribution is -2.31. The van der Waals surface area contributed by atoms with E-state index in [4.69, 9.17) is 9.47 Å². The van der Waals surface area contributed by atoms with Crippen LogP contribution in [0.25, 0.3) is 5.57 Å². The normalized spacial score (nSPS) is 14.0. The Hall–Kier alpha value is -2.77. The van der Waals surface area contributed by atoms with Crippen molar-refractivity contribution >= 4 is 34.8 Å². The van der Waals surface area contributed by atoms with Crippen LogP contribution in [0.15, 0.2) is 53.4 Å². The summed E-state index contributed by atoms with van der Waals surface area (Å²) < 4.78 is 11.2. The van der Waals surface area contributed by atoms with Gasteiger partial charge in [0, 0.05) is 11.3 Å². The molecule has 0 saturated heterocycles. The van der Waals surface area contributed by atoms with Crippen LogP contribution >= 0.6 is 11.8 Å². The van der Waals surface area contributed by atoms with Gasteiger partial charge in [0.15, 0.2) is 0 Å². The van der Waals surface area contributed by atoms with Gasteiger partial charge in [0.25, 0.3) is 11.8 Å². The van der Waals surface area contributed by atoms with Crippen molar-refractivity contribution in [2.75, 3.05) is 31.0 Å². The first-order valence-electron chi connectivity index (χ1n) is 9.36. The molecule has 7 heteroatoms. The first kappa shape index (κ1) is 21.0. The second-order valence-electron chi connectivity index (χ2n) is 6.24. The van der Waals surface area contributed by atoms with Crippen LogP contribution < -0.4 is 14.4 Å². The van der Waals surface area contributed by atoms with E-state index in [1.807, 2.05) is 6.92 Å². The quantitative estimate of drug-likeness (QED) is 0.634. The number of anilines is 1. The minimum absolute atomic E-state index is 0.106. The van der Waals surface area contributed by atoms with Gasteiger partial charge >= 0.3 is 0 Å². The largest absolute Gasteiger partial charge is 0.496 e. The molecule has 2 amide bonds. The average Bonchev–Trinajstić information content (AvgIpc) is 3.00. The molecule has 2 aromatic carbocycles. The summed E-state index contributed by atoms with van der Waals surface area (Å²) in [6.45, 7) is 2.36. The molecule has 2 aromatic rings. The fourth-order valence-electron chi connectivity index (χ4n) is 3.07. The van der Waals surface area contributed by atoms with E-state index in [0.717, 1.165) is 23.1 Å². The van der Waals surface area contributed by atoms with E-state index in [2.05, 4.69) is 0 Å². The highest BCUT2D eigenvalue weighted by Crippen LogP contribution is 2.43. The Kier molecular flexibility index (Phi) is 6.95. The molecule has 0 spiro atoms. The molecule has 1 aliphatic rings. The van der Waals surface area contributed by atoms with Gasteiger partial charge in [0.2, 0.25) is 0 Å². The molecule has 1 heterocycles. The molecule has 152 valence electrons. The SMILES string of the molecule is CCCOc1ccccc1N1C(=O)C(SCCO)=C(c2ccccc2OC)C1=O. The van der Waals surface area contributed by atoms with Crippen molar-refractivity contribution in [1.82, 2.24) is 0 Å². The molecule has 6 nitrogen and oxygen atoms in total. The van der Waals surface area contributed by atoms with Gasteiger partial charge in [-0.3, -0.25) is 9.59 Å². The van der Waals surface area contributed by atoms with Crippen LogP contribution in [0.4, 0.5) is 5.69 Å². The number of ether oxygens (including phenoxy) is 2. The number of methoxy groups -OCH3 is 1. The van der Waals surface area contributed by atoms with E-state index in [1.54, 1.807) is 48.5 Å². The minimum Gasteiger partial charge on any atom is -0.496 e. The number of rotatable bonds is 9. The van der Waals surface area contributed by atoms with Gasteiger partial charge < -0.3 is 14.6 Å². The molecule has 1 aliphatic heterocycles. The number of hydrogen-bond acceptors (Lipinski definition) is 6. The molecule has 0 radical (unpaired) electrons. The lowest BCUT2D eigenvalue weighted by atomic mass is 10.0. The summed E-state index contributed by atoms with van der Waals surface area (Å²) in [5.41, 5.74) is 1.22. The summed E-state index contributed by atoms with van der Waals surface area (Å²) in [6, 6.07) is 14.1. The number of thioether (sulfide) groups is 1. The van der Waals surface area contributed by atoms with Crippen LogP contribution in [0.2, 0.25) is 0 Å². The second-order valence-corrected chi connectivity index (χ2v) is 7.34. The van der Waals surface area contributed by atoms with E-state index in [-0.39, 0.29) is 12.2 Å². The Balaban J connectivity index is 2.10. The summed E-state index contributed by atoms with van der Waals surface area (Å²) in [6.07, 6.45) is 0.804. The predicted octanol–water partition coefficient (Wildman–Crippen LogP) is 3.49. The van der Waals surface area contributed by atoms with Crippen molar-refractivity contribution in [1.29, 1.82) is 0 Å². The van der Waals surface area contributed by atoms with Crippen molar-refractivity contribution < 1.29 is 24.2 Å². The Morgan fingerprint density at radius 1 is 1.00 bits per heavy atom. The van der Waals surface area contributed by atoms with E-state index < -0.39 is 11.8 Å². The first-order valence-corrected chi connectivity index (χ1v) is 10.3. The molecule has 1 N–H and O–H groups in total. The molecule has 0 bridgehead atoms. The van der Waals surface area contributed by atoms with Gasteiger partial charge in [-0.15, -0.1) is 11.8 Å². The van der Waals surface area contributed by atoms with Crippen molar-refractivity contribution in [2.45, 2.75) is 13.3 Å². The Morgan fingerprint density at radius 2 is 1.69 bits per heavy atom. The Bertz CT molecular complexity index is 940. The molecule has 0 unspecified atom stereocenters. The lowest BCUT2D eigenvalue weighted by Gasteiger charge is -2.19. The smallest absolute Gasteiger partial charge is 0.272 e. The maximum atomic E-state index is 13.4. The number of carbonyl (C=O) groups is 2. The standard InChI is InChI=1S/C22H23NO5S/c1-3-13-28-18-11-7-5-9-16(18)23-21(25)19(20(22(23)26)29-14-12-24)15-8-4-6-10-17(15)27-2/h4-11,24H,3,12-14H2,1-2H3. The monoisotopic (exact) mass is 413 g/mol. The summed E-state index contributed by atoms with van der Waals surface area (Å²) in [5.74, 6) is 0.413. The highest BCUT2D eigenvalue weighted by Gasteiger charge is 2.42. The molecule has 29 heavy (non-hydrogen) atoms. The maximum Gasteiger partial charge on any atom is 0.272 e. The summed E-state index contributed by atoms with van der Waals surface area (Å²) in [4.78, 5) is 28.2. The van der Waals surface area contributed by atoms with Gasteiger partial charge in [0.1, 0.15) is 11.5 Å². The van der Waals surface area contributed by atoms with Gasteiger partial charge in [-0.25, -0.2) is 4.90 Å². The number of amides is 2. The first-order chi connectivity index (χ1) is 14.1. The van der Waals surface area contributed by atoms with Crippen LogP contribution in [0.5, 0.6) is 11.5 Å². The zero-order valence-electron chi connectivity index (χ0n) is 16.4. The zero-order valence-corrected chi connectivity index (χ0v) is 17.2. The van der Waals surface area contributed by atoms with Gasteiger partial charge in [-0.2, -0.15) is 0 Å². The number of aliphatic hydroxyl groups is 1. The number of nitrogens with zero attached hydrogens (tertiary/aromatic N) is 1. The van der Waals surface area contributed by atoms with Crippen molar-refractivity contribution in [3.05, 3.63) is 59.0 Å². The molecular weight excluding hydrogens is 390 g/mol. The van der Waals surface area contributed by atoms with Gasteiger partial charge in [0.05, 0.1) is 36.5 Å². The Labute approximate surface area is 174 Å². The highest BCUT2D eigenvalue weighted by molar-refractivity contribution is 8.04. The van der Waals surface area contributed by atoms with Crippen LogP contribution in [-0.2, 0) is 9.59 Å². The topological polar surface area (TPSA) is 76.1 Å². The fraction of sp³-hybridized carbons (Fsp3) is 0.273. The number of carbonyl (C=O) groups excluding carboxylic acids is 2. The molecule has 3 rings (SSSR count). The zero-order chi connectivity index (χ0) is 20.8. The minimum atomic E-state index is -0.438. The van der Waals surface area contributed by atoms with E-state index >= 15 is 0 Å². The van der Waals surface area contributed by atoms with Gasteiger partial charge in [-0.1, -0.05) is 37.3 Å². The van der Waals surface area contributed by atoms with Crippen LogP contribution in [0.1, 0.15) is 18.9 Å². The lowest BCUT2D eigenvalue weighted by molar-refractivity contribution is -0.119. The van der Waals surface area contributed by atoms with Gasteiger partial charge in [-0.05, 0) is 24.6 Å². The van der Waals surface area contributed by atoms with E-state index in [1.165, 1.54) is 7.11 Å². The summed E-state index contributed by atoms with van der Waals surface area (Å²) in [5, 5.41) is 9.26. The number of benzene rings is 2. The van der Waals surface area contributed by atoms with Crippen LogP contribution in [-0.4, -0.2) is 43.0 Å². The van der Waals surface area contributed by atoms with Crippen molar-refractivity contribution in [2.24, 2.45) is 0 Å². The molecule has 0 saturated carbocycles. The van der Waals surface area contributed by atoms with Crippen molar-refractivity contribution in [3.63, 3.8) is 0 Å². The number of aliphatic hydroxyl groups excluding tert-OH is 1. The van der Waals surface area contributed by atoms with Crippen LogP contribution in [0, 0.1) is 0 Å². The number of imide groups is 1. The molecule has 0 fully saturated rings. The second kappa shape index (κ2) is 9.62. The van der Waals surface area contributed by atoms with Crippen LogP contribution in [0.3, 0.4) is 0 Å². The third-order valence-electron chi connectivity index (χ3n) is 4.32. The van der Waals surface area contributed by atoms with Crippen molar-refractivity contribution in [3.8, 4) is 11.5 Å². The maximum absolute atomic E-state index is 13.4. The number of hydrogen-bond donors (Lipinski definition) is 1. The molecule has 0 atom stereocenters. The van der Waals surface area contributed by atoms with E-state index in [9.17, 15) is 14.7 Å². The third kappa shape index (κ3) is 4.16. The Morgan fingerprint density at radius 3 is 2.38 bits per heavy atom. The molecule has 0 aliphatic carbocycles. The molecule has 0 aromatic heterocycles. The highest BCUT2D eigenvalue weighted by atomic mass is 32.2. The average molecular weight is 413 g/mol. The third-order valence-corrected chi connectivity index (χ3v) is 5.38. The molecular formula is C22H23NO5S. The predicted molar refractivity (Wildman–Crippen MR) is 114 cm³/mol. The summed E-state index contributed by atoms with van der Waals surface area (Å²) >= 11 is 1.16. The number of para-hydroxylation sites is 3. The van der Waals surface area contributed by atoms with E-state index in [0.29, 0.717) is 40.0 Å². The summed E-state index contributed by atoms with van der Waals surface area (Å²) in [7, 11) is 1.52. The fourth-order valence-corrected chi connectivity index (χ4v) is 3.93.